The highest BCUT2D eigenvalue weighted by Gasteiger charge is 2.16. The number of carboxylic acids is 1. The molecule has 0 aromatic carbocycles. The van der Waals surface area contributed by atoms with Crippen molar-refractivity contribution in [3.05, 3.63) is 29.3 Å². The molecule has 1 aromatic rings. The molecule has 1 rings (SSSR count). The standard InChI is InChI=1S/C10H13FN2O2/c1-5(2)8(12)6-3-7(11)9(10(14)15)13-4-6/h3-5,8H,12H2,1-2H3,(H,14,15)/t8-/m1/s1. The number of carboxylic acid groups (broad SMARTS) is 1. The second kappa shape index (κ2) is 4.35. The third kappa shape index (κ3) is 2.50. The van der Waals surface area contributed by atoms with Gasteiger partial charge in [0.25, 0.3) is 0 Å². The number of carbonyl (C=O) groups is 1. The first-order valence-electron chi connectivity index (χ1n) is 4.57. The van der Waals surface area contributed by atoms with E-state index in [-0.39, 0.29) is 12.0 Å². The van der Waals surface area contributed by atoms with Crippen LogP contribution in [0.1, 0.15) is 35.9 Å². The summed E-state index contributed by atoms with van der Waals surface area (Å²) in [6, 6.07) is 0.788. The molecule has 1 aromatic heterocycles. The molecule has 3 N–H and O–H groups in total. The van der Waals surface area contributed by atoms with Crippen LogP contribution in [0.15, 0.2) is 12.3 Å². The van der Waals surface area contributed by atoms with Crippen LogP contribution >= 0.6 is 0 Å². The topological polar surface area (TPSA) is 76.2 Å². The summed E-state index contributed by atoms with van der Waals surface area (Å²) in [6.07, 6.45) is 1.30. The maximum atomic E-state index is 13.2. The molecule has 0 amide bonds. The fourth-order valence-corrected chi connectivity index (χ4v) is 1.18. The summed E-state index contributed by atoms with van der Waals surface area (Å²) in [5.74, 6) is -2.09. The predicted octanol–water partition coefficient (Wildman–Crippen LogP) is 1.57. The van der Waals surface area contributed by atoms with E-state index in [2.05, 4.69) is 4.98 Å². The lowest BCUT2D eigenvalue weighted by Crippen LogP contribution is -2.18. The van der Waals surface area contributed by atoms with E-state index in [4.69, 9.17) is 10.8 Å². The maximum Gasteiger partial charge on any atom is 0.357 e. The zero-order valence-corrected chi connectivity index (χ0v) is 8.57. The Kier molecular flexibility index (Phi) is 3.36. The summed E-state index contributed by atoms with van der Waals surface area (Å²) in [4.78, 5) is 14.0. The molecule has 0 aliphatic rings. The highest BCUT2D eigenvalue weighted by atomic mass is 19.1. The first-order valence-corrected chi connectivity index (χ1v) is 4.57. The second-order valence-electron chi connectivity index (χ2n) is 3.67. The zero-order chi connectivity index (χ0) is 11.6. The molecule has 4 nitrogen and oxygen atoms in total. The summed E-state index contributed by atoms with van der Waals surface area (Å²) in [6.45, 7) is 3.79. The lowest BCUT2D eigenvalue weighted by Gasteiger charge is -2.15. The van der Waals surface area contributed by atoms with E-state index in [0.29, 0.717) is 5.56 Å². The Morgan fingerprint density at radius 3 is 2.60 bits per heavy atom. The van der Waals surface area contributed by atoms with Crippen LogP contribution in [-0.2, 0) is 0 Å². The highest BCUT2D eigenvalue weighted by molar-refractivity contribution is 5.85. The van der Waals surface area contributed by atoms with Gasteiger partial charge in [0.2, 0.25) is 0 Å². The van der Waals surface area contributed by atoms with Gasteiger partial charge in [0.15, 0.2) is 11.5 Å². The summed E-state index contributed by atoms with van der Waals surface area (Å²) >= 11 is 0. The van der Waals surface area contributed by atoms with E-state index in [1.165, 1.54) is 6.20 Å². The maximum absolute atomic E-state index is 13.2. The Balaban J connectivity index is 3.06. The number of rotatable bonds is 3. The quantitative estimate of drug-likeness (QED) is 0.797. The summed E-state index contributed by atoms with van der Waals surface area (Å²) in [5.41, 5.74) is 5.71. The Morgan fingerprint density at radius 2 is 2.20 bits per heavy atom. The van der Waals surface area contributed by atoms with Crippen molar-refractivity contribution in [1.82, 2.24) is 4.98 Å². The minimum atomic E-state index is -1.38. The Bertz CT molecular complexity index is 380. The fraction of sp³-hybridized carbons (Fsp3) is 0.400. The van der Waals surface area contributed by atoms with Crippen LogP contribution in [0.3, 0.4) is 0 Å². The molecule has 0 fully saturated rings. The second-order valence-corrected chi connectivity index (χ2v) is 3.67. The van der Waals surface area contributed by atoms with Crippen LogP contribution in [0.5, 0.6) is 0 Å². The van der Waals surface area contributed by atoms with Crippen LogP contribution in [-0.4, -0.2) is 16.1 Å². The third-order valence-corrected chi connectivity index (χ3v) is 2.17. The van der Waals surface area contributed by atoms with Crippen molar-refractivity contribution in [2.75, 3.05) is 0 Å². The number of aromatic carboxylic acids is 1. The Hall–Kier alpha value is -1.49. The average Bonchev–Trinajstić information content (AvgIpc) is 2.15. The number of halogens is 1. The first-order chi connectivity index (χ1) is 6.93. The fourth-order valence-electron chi connectivity index (χ4n) is 1.18. The van der Waals surface area contributed by atoms with Crippen LogP contribution in [0.4, 0.5) is 4.39 Å². The molecule has 0 unspecified atom stereocenters. The SMILES string of the molecule is CC(C)[C@@H](N)c1cnc(C(=O)O)c(F)c1. The molecule has 5 heteroatoms. The molecule has 0 aliphatic heterocycles. The van der Waals surface area contributed by atoms with Gasteiger partial charge in [-0.25, -0.2) is 14.2 Å². The molecular formula is C10H13FN2O2. The first kappa shape index (κ1) is 11.6. The number of pyridine rings is 1. The molecule has 0 spiro atoms. The van der Waals surface area contributed by atoms with Crippen molar-refractivity contribution in [2.45, 2.75) is 19.9 Å². The van der Waals surface area contributed by atoms with E-state index >= 15 is 0 Å². The average molecular weight is 212 g/mol. The summed E-state index contributed by atoms with van der Waals surface area (Å²) in [5, 5.41) is 8.57. The van der Waals surface area contributed by atoms with E-state index in [0.717, 1.165) is 6.07 Å². The Labute approximate surface area is 86.9 Å². The molecule has 0 aliphatic carbocycles. The molecule has 0 saturated carbocycles. The third-order valence-electron chi connectivity index (χ3n) is 2.17. The van der Waals surface area contributed by atoms with E-state index < -0.39 is 17.5 Å². The summed E-state index contributed by atoms with van der Waals surface area (Å²) < 4.78 is 13.2. The van der Waals surface area contributed by atoms with Gasteiger partial charge < -0.3 is 10.8 Å². The smallest absolute Gasteiger partial charge is 0.357 e. The van der Waals surface area contributed by atoms with Gasteiger partial charge in [-0.1, -0.05) is 13.8 Å². The van der Waals surface area contributed by atoms with Gasteiger partial charge in [0.05, 0.1) is 0 Å². The molecule has 0 radical (unpaired) electrons. The lowest BCUT2D eigenvalue weighted by molar-refractivity contribution is 0.0685. The largest absolute Gasteiger partial charge is 0.476 e. The van der Waals surface area contributed by atoms with Gasteiger partial charge in [-0.15, -0.1) is 0 Å². The van der Waals surface area contributed by atoms with E-state index in [9.17, 15) is 9.18 Å². The van der Waals surface area contributed by atoms with Gasteiger partial charge in [-0.05, 0) is 17.5 Å². The number of aromatic nitrogens is 1. The highest BCUT2D eigenvalue weighted by Crippen LogP contribution is 2.19. The van der Waals surface area contributed by atoms with Gasteiger partial charge in [0, 0.05) is 12.2 Å². The minimum Gasteiger partial charge on any atom is -0.476 e. The summed E-state index contributed by atoms with van der Waals surface area (Å²) in [7, 11) is 0. The van der Waals surface area contributed by atoms with Gasteiger partial charge in [-0.2, -0.15) is 0 Å². The lowest BCUT2D eigenvalue weighted by atomic mass is 9.98. The number of nitrogens with zero attached hydrogens (tertiary/aromatic N) is 1. The number of hydrogen-bond donors (Lipinski definition) is 2. The van der Waals surface area contributed by atoms with Gasteiger partial charge >= 0.3 is 5.97 Å². The van der Waals surface area contributed by atoms with Crippen molar-refractivity contribution in [3.8, 4) is 0 Å². The van der Waals surface area contributed by atoms with Crippen molar-refractivity contribution in [3.63, 3.8) is 0 Å². The van der Waals surface area contributed by atoms with Gasteiger partial charge in [-0.3, -0.25) is 0 Å². The van der Waals surface area contributed by atoms with Gasteiger partial charge in [0.1, 0.15) is 0 Å². The van der Waals surface area contributed by atoms with Crippen LogP contribution in [0, 0.1) is 11.7 Å². The molecule has 82 valence electrons. The van der Waals surface area contributed by atoms with Crippen molar-refractivity contribution in [1.29, 1.82) is 0 Å². The number of nitrogens with two attached hydrogens (primary N) is 1. The van der Waals surface area contributed by atoms with Crippen molar-refractivity contribution in [2.24, 2.45) is 11.7 Å². The molecule has 0 saturated heterocycles. The molecule has 15 heavy (non-hydrogen) atoms. The number of hydrogen-bond acceptors (Lipinski definition) is 3. The van der Waals surface area contributed by atoms with E-state index in [1.54, 1.807) is 0 Å². The minimum absolute atomic E-state index is 0.141. The monoisotopic (exact) mass is 212 g/mol. The normalized spacial score (nSPS) is 12.9. The van der Waals surface area contributed by atoms with Crippen molar-refractivity contribution >= 4 is 5.97 Å². The molecule has 1 heterocycles. The molecule has 0 bridgehead atoms. The van der Waals surface area contributed by atoms with Crippen LogP contribution < -0.4 is 5.73 Å². The predicted molar refractivity (Wildman–Crippen MR) is 52.9 cm³/mol. The molecule has 1 atom stereocenters. The van der Waals surface area contributed by atoms with Crippen LogP contribution in [0.25, 0.3) is 0 Å². The van der Waals surface area contributed by atoms with E-state index in [1.807, 2.05) is 13.8 Å². The Morgan fingerprint density at radius 1 is 1.60 bits per heavy atom. The molecular weight excluding hydrogens is 199 g/mol. The van der Waals surface area contributed by atoms with Crippen molar-refractivity contribution < 1.29 is 14.3 Å². The zero-order valence-electron chi connectivity index (χ0n) is 8.57. The van der Waals surface area contributed by atoms with Crippen LogP contribution in [0.2, 0.25) is 0 Å².